The van der Waals surface area contributed by atoms with E-state index in [1.807, 2.05) is 0 Å². The lowest BCUT2D eigenvalue weighted by Gasteiger charge is -2.17. The second-order valence-corrected chi connectivity index (χ2v) is 4.43. The summed E-state index contributed by atoms with van der Waals surface area (Å²) in [6, 6.07) is 1.95. The first kappa shape index (κ1) is 12.0. The van der Waals surface area contributed by atoms with Crippen LogP contribution in [0.3, 0.4) is 0 Å². The SMILES string of the molecule is O=C(O)CC1(c2cc(F)c(F)cc2CO)CC1. The molecule has 0 spiro atoms. The molecule has 2 N–H and O–H groups in total. The Hall–Kier alpha value is -1.49. The van der Waals surface area contributed by atoms with E-state index in [1.165, 1.54) is 0 Å². The predicted octanol–water partition coefficient (Wildman–Crippen LogP) is 1.96. The first-order chi connectivity index (χ1) is 7.98. The normalized spacial score (nSPS) is 16.9. The van der Waals surface area contributed by atoms with Crippen molar-refractivity contribution in [3.05, 3.63) is 34.9 Å². The molecule has 1 saturated carbocycles. The lowest BCUT2D eigenvalue weighted by Crippen LogP contribution is -2.16. The molecular formula is C12H12F2O3. The molecule has 1 fully saturated rings. The quantitative estimate of drug-likeness (QED) is 0.848. The van der Waals surface area contributed by atoms with Gasteiger partial charge >= 0.3 is 5.97 Å². The standard InChI is InChI=1S/C12H12F2O3/c13-9-3-7(6-15)8(4-10(9)14)12(1-2-12)5-11(16)17/h3-4,15H,1-2,5-6H2,(H,16,17). The number of carbonyl (C=O) groups is 1. The summed E-state index contributed by atoms with van der Waals surface area (Å²) in [5.74, 6) is -3.01. The zero-order valence-corrected chi connectivity index (χ0v) is 9.04. The van der Waals surface area contributed by atoms with Crippen LogP contribution < -0.4 is 0 Å². The van der Waals surface area contributed by atoms with Gasteiger partial charge in [0.05, 0.1) is 13.0 Å². The number of carboxylic acids is 1. The van der Waals surface area contributed by atoms with E-state index in [1.54, 1.807) is 0 Å². The van der Waals surface area contributed by atoms with Crippen molar-refractivity contribution >= 4 is 5.97 Å². The summed E-state index contributed by atoms with van der Waals surface area (Å²) in [5.41, 5.74) is 0.0577. The van der Waals surface area contributed by atoms with Gasteiger partial charge in [0.1, 0.15) is 0 Å². The summed E-state index contributed by atoms with van der Waals surface area (Å²) in [4.78, 5) is 10.7. The van der Waals surface area contributed by atoms with Crippen LogP contribution in [-0.2, 0) is 16.8 Å². The van der Waals surface area contributed by atoms with Gasteiger partial charge in [0.15, 0.2) is 11.6 Å². The summed E-state index contributed by atoms with van der Waals surface area (Å²) in [5, 5.41) is 17.9. The summed E-state index contributed by atoms with van der Waals surface area (Å²) >= 11 is 0. The molecular weight excluding hydrogens is 230 g/mol. The lowest BCUT2D eigenvalue weighted by atomic mass is 9.88. The van der Waals surface area contributed by atoms with Crippen LogP contribution in [0.15, 0.2) is 12.1 Å². The van der Waals surface area contributed by atoms with Gasteiger partial charge in [0.25, 0.3) is 0 Å². The van der Waals surface area contributed by atoms with Gasteiger partial charge in [0, 0.05) is 5.41 Å². The zero-order chi connectivity index (χ0) is 12.6. The molecule has 3 nitrogen and oxygen atoms in total. The molecule has 0 unspecified atom stereocenters. The highest BCUT2D eigenvalue weighted by Crippen LogP contribution is 2.52. The Kier molecular flexibility index (Phi) is 2.87. The van der Waals surface area contributed by atoms with E-state index in [2.05, 4.69) is 0 Å². The molecule has 0 aliphatic heterocycles. The molecule has 0 saturated heterocycles. The number of rotatable bonds is 4. The Balaban J connectivity index is 2.44. The van der Waals surface area contributed by atoms with Crippen molar-refractivity contribution in [3.63, 3.8) is 0 Å². The number of benzene rings is 1. The van der Waals surface area contributed by atoms with Crippen molar-refractivity contribution in [2.45, 2.75) is 31.3 Å². The van der Waals surface area contributed by atoms with Crippen molar-refractivity contribution in [1.29, 1.82) is 0 Å². The maximum atomic E-state index is 13.2. The minimum Gasteiger partial charge on any atom is -0.481 e. The third-order valence-corrected chi connectivity index (χ3v) is 3.23. The molecule has 0 bridgehead atoms. The van der Waals surface area contributed by atoms with E-state index >= 15 is 0 Å². The Bertz CT molecular complexity index is 467. The number of aliphatic hydroxyl groups is 1. The fourth-order valence-electron chi connectivity index (χ4n) is 2.19. The van der Waals surface area contributed by atoms with Gasteiger partial charge in [-0.3, -0.25) is 4.79 Å². The minimum atomic E-state index is -1.02. The molecule has 17 heavy (non-hydrogen) atoms. The first-order valence-corrected chi connectivity index (χ1v) is 5.29. The lowest BCUT2D eigenvalue weighted by molar-refractivity contribution is -0.137. The molecule has 0 amide bonds. The predicted molar refractivity (Wildman–Crippen MR) is 55.4 cm³/mol. The number of hydrogen-bond acceptors (Lipinski definition) is 2. The largest absolute Gasteiger partial charge is 0.481 e. The minimum absolute atomic E-state index is 0.120. The van der Waals surface area contributed by atoms with Crippen LogP contribution in [0, 0.1) is 11.6 Å². The van der Waals surface area contributed by atoms with E-state index in [-0.39, 0.29) is 12.0 Å². The Morgan fingerprint density at radius 1 is 1.29 bits per heavy atom. The summed E-state index contributed by atoms with van der Waals surface area (Å²) in [6.07, 6.45) is 1.12. The molecule has 1 aliphatic carbocycles. The van der Waals surface area contributed by atoms with Crippen LogP contribution >= 0.6 is 0 Å². The van der Waals surface area contributed by atoms with E-state index in [9.17, 15) is 13.6 Å². The van der Waals surface area contributed by atoms with Crippen LogP contribution in [0.25, 0.3) is 0 Å². The second kappa shape index (κ2) is 4.07. The van der Waals surface area contributed by atoms with E-state index in [4.69, 9.17) is 10.2 Å². The summed E-state index contributed by atoms with van der Waals surface area (Å²) in [6.45, 7) is -0.423. The topological polar surface area (TPSA) is 57.5 Å². The van der Waals surface area contributed by atoms with Crippen LogP contribution in [0.4, 0.5) is 8.78 Å². The number of hydrogen-bond donors (Lipinski definition) is 2. The summed E-state index contributed by atoms with van der Waals surface area (Å²) < 4.78 is 26.2. The van der Waals surface area contributed by atoms with Crippen molar-refractivity contribution in [1.82, 2.24) is 0 Å². The third-order valence-electron chi connectivity index (χ3n) is 3.23. The molecule has 5 heteroatoms. The molecule has 1 aromatic rings. The van der Waals surface area contributed by atoms with Crippen molar-refractivity contribution < 1.29 is 23.8 Å². The third kappa shape index (κ3) is 2.15. The molecule has 1 aliphatic rings. The van der Waals surface area contributed by atoms with Gasteiger partial charge in [-0.15, -0.1) is 0 Å². The smallest absolute Gasteiger partial charge is 0.304 e. The number of aliphatic hydroxyl groups excluding tert-OH is 1. The average Bonchev–Trinajstić information content (AvgIpc) is 3.01. The van der Waals surface area contributed by atoms with Crippen molar-refractivity contribution in [3.8, 4) is 0 Å². The second-order valence-electron chi connectivity index (χ2n) is 4.43. The van der Waals surface area contributed by atoms with Crippen LogP contribution in [0.5, 0.6) is 0 Å². The monoisotopic (exact) mass is 242 g/mol. The fraction of sp³-hybridized carbons (Fsp3) is 0.417. The van der Waals surface area contributed by atoms with Crippen LogP contribution in [-0.4, -0.2) is 16.2 Å². The highest BCUT2D eigenvalue weighted by atomic mass is 19.2. The van der Waals surface area contributed by atoms with Gasteiger partial charge in [0.2, 0.25) is 0 Å². The average molecular weight is 242 g/mol. The van der Waals surface area contributed by atoms with E-state index in [0.717, 1.165) is 12.1 Å². The molecule has 0 radical (unpaired) electrons. The zero-order valence-electron chi connectivity index (χ0n) is 9.04. The van der Waals surface area contributed by atoms with Gasteiger partial charge in [-0.05, 0) is 36.1 Å². The fourth-order valence-corrected chi connectivity index (χ4v) is 2.19. The molecule has 0 aromatic heterocycles. The van der Waals surface area contributed by atoms with Crippen molar-refractivity contribution in [2.24, 2.45) is 0 Å². The Morgan fingerprint density at radius 3 is 2.35 bits per heavy atom. The van der Waals surface area contributed by atoms with E-state index < -0.39 is 29.6 Å². The molecule has 92 valence electrons. The molecule has 2 rings (SSSR count). The van der Waals surface area contributed by atoms with Crippen LogP contribution in [0.2, 0.25) is 0 Å². The first-order valence-electron chi connectivity index (χ1n) is 5.29. The highest BCUT2D eigenvalue weighted by molar-refractivity contribution is 5.70. The maximum absolute atomic E-state index is 13.2. The summed E-state index contributed by atoms with van der Waals surface area (Å²) in [7, 11) is 0. The number of aliphatic carboxylic acids is 1. The van der Waals surface area contributed by atoms with Gasteiger partial charge in [-0.1, -0.05) is 0 Å². The molecule has 1 aromatic carbocycles. The molecule has 0 heterocycles. The molecule has 0 atom stereocenters. The van der Waals surface area contributed by atoms with E-state index in [0.29, 0.717) is 18.4 Å². The number of carboxylic acid groups (broad SMARTS) is 1. The van der Waals surface area contributed by atoms with Crippen LogP contribution in [0.1, 0.15) is 30.4 Å². The van der Waals surface area contributed by atoms with Crippen molar-refractivity contribution in [2.75, 3.05) is 0 Å². The van der Waals surface area contributed by atoms with Gasteiger partial charge in [-0.25, -0.2) is 8.78 Å². The van der Waals surface area contributed by atoms with Gasteiger partial charge < -0.3 is 10.2 Å². The Morgan fingerprint density at radius 2 is 1.88 bits per heavy atom. The Labute approximate surface area is 96.7 Å². The number of halogens is 2. The maximum Gasteiger partial charge on any atom is 0.304 e. The highest BCUT2D eigenvalue weighted by Gasteiger charge is 2.47. The van der Waals surface area contributed by atoms with Gasteiger partial charge in [-0.2, -0.15) is 0 Å².